The van der Waals surface area contributed by atoms with Gasteiger partial charge in [0, 0.05) is 62.6 Å². The molecule has 2 fully saturated rings. The van der Waals surface area contributed by atoms with Crippen molar-refractivity contribution in [2.75, 3.05) is 50.7 Å². The van der Waals surface area contributed by atoms with Crippen LogP contribution in [0, 0.1) is 6.92 Å². The number of sulfonamides is 1. The van der Waals surface area contributed by atoms with Crippen molar-refractivity contribution in [3.63, 3.8) is 0 Å². The van der Waals surface area contributed by atoms with Gasteiger partial charge in [0.1, 0.15) is 16.3 Å². The van der Waals surface area contributed by atoms with Crippen molar-refractivity contribution < 1.29 is 13.2 Å². The second kappa shape index (κ2) is 12.9. The van der Waals surface area contributed by atoms with Crippen LogP contribution in [0.2, 0.25) is 0 Å². The van der Waals surface area contributed by atoms with Crippen molar-refractivity contribution in [3.8, 4) is 0 Å². The van der Waals surface area contributed by atoms with E-state index in [9.17, 15) is 18.0 Å². The fourth-order valence-corrected chi connectivity index (χ4v) is 8.87. The highest BCUT2D eigenvalue weighted by atomic mass is 32.2. The van der Waals surface area contributed by atoms with Gasteiger partial charge in [0.15, 0.2) is 0 Å². The Hall–Kier alpha value is -2.94. The smallest absolute Gasteiger partial charge is 0.263 e. The van der Waals surface area contributed by atoms with Crippen molar-refractivity contribution in [1.82, 2.24) is 34.0 Å². The van der Waals surface area contributed by atoms with Crippen LogP contribution in [0.4, 0.5) is 5.95 Å². The van der Waals surface area contributed by atoms with E-state index in [1.165, 1.54) is 45.8 Å². The molecule has 14 heteroatoms. The van der Waals surface area contributed by atoms with Crippen LogP contribution in [0.15, 0.2) is 34.5 Å². The van der Waals surface area contributed by atoms with Gasteiger partial charge in [0.25, 0.3) is 5.56 Å². The average Bonchev–Trinajstić information content (AvgIpc) is 3.35. The first-order valence-electron chi connectivity index (χ1n) is 14.3. The predicted molar refractivity (Wildman–Crippen MR) is 159 cm³/mol. The molecule has 3 aromatic heterocycles. The molecule has 2 saturated heterocycles. The Morgan fingerprint density at radius 3 is 2.59 bits per heavy atom. The number of aryl methyl sites for hydroxylation is 1. The number of anilines is 1. The molecule has 2 aliphatic rings. The molecule has 1 atom stereocenters. The molecule has 0 radical (unpaired) electrons. The number of piperazine rings is 1. The third-order valence-electron chi connectivity index (χ3n) is 7.95. The molecule has 0 aliphatic carbocycles. The number of aromatic nitrogens is 4. The summed E-state index contributed by atoms with van der Waals surface area (Å²) in [6.07, 6.45) is 10.4. The Kier molecular flexibility index (Phi) is 9.32. The lowest BCUT2D eigenvalue weighted by molar-refractivity contribution is -0.121. The minimum Gasteiger partial charge on any atom is -0.354 e. The molecule has 222 valence electrons. The Bertz CT molecular complexity index is 1520. The molecule has 3 aromatic rings. The number of piperidine rings is 1. The minimum atomic E-state index is -3.97. The maximum atomic E-state index is 13.8. The summed E-state index contributed by atoms with van der Waals surface area (Å²) in [7, 11) is -3.97. The summed E-state index contributed by atoms with van der Waals surface area (Å²) < 4.78 is 30.2. The Morgan fingerprint density at radius 2 is 1.85 bits per heavy atom. The first-order valence-corrected chi connectivity index (χ1v) is 16.6. The van der Waals surface area contributed by atoms with Crippen LogP contribution in [0.5, 0.6) is 0 Å². The Morgan fingerprint density at radius 1 is 1.10 bits per heavy atom. The zero-order chi connectivity index (χ0) is 29.0. The normalized spacial score (nSPS) is 19.1. The summed E-state index contributed by atoms with van der Waals surface area (Å²) in [6, 6.07) is 2.36. The quantitative estimate of drug-likeness (QED) is 0.345. The van der Waals surface area contributed by atoms with Crippen LogP contribution in [0.3, 0.4) is 0 Å². The second-order valence-corrected chi connectivity index (χ2v) is 13.7. The second-order valence-electron chi connectivity index (χ2n) is 10.6. The maximum absolute atomic E-state index is 13.8. The number of thiophene rings is 1. The lowest BCUT2D eigenvalue weighted by Crippen LogP contribution is -2.49. The lowest BCUT2D eigenvalue weighted by atomic mass is 10.00. The molecule has 0 spiro atoms. The first-order chi connectivity index (χ1) is 19.8. The number of nitrogens with zero attached hydrogens (tertiary/aromatic N) is 7. The number of carbonyl (C=O) groups is 1. The summed E-state index contributed by atoms with van der Waals surface area (Å²) >= 11 is 1.18. The van der Waals surface area contributed by atoms with E-state index >= 15 is 0 Å². The lowest BCUT2D eigenvalue weighted by Gasteiger charge is -2.35. The van der Waals surface area contributed by atoms with Crippen molar-refractivity contribution in [1.29, 1.82) is 0 Å². The maximum Gasteiger partial charge on any atom is 0.263 e. The molecule has 1 N–H and O–H groups in total. The van der Waals surface area contributed by atoms with Crippen LogP contribution in [-0.4, -0.2) is 94.9 Å². The van der Waals surface area contributed by atoms with Crippen molar-refractivity contribution in [3.05, 3.63) is 40.0 Å². The van der Waals surface area contributed by atoms with Gasteiger partial charge in [-0.05, 0) is 45.2 Å². The summed E-state index contributed by atoms with van der Waals surface area (Å²) in [5, 5.41) is 2.95. The molecule has 1 unspecified atom stereocenters. The molecule has 0 aromatic carbocycles. The third-order valence-corrected chi connectivity index (χ3v) is 11.2. The first kappa shape index (κ1) is 29.5. The zero-order valence-electron chi connectivity index (χ0n) is 23.7. The summed E-state index contributed by atoms with van der Waals surface area (Å²) in [5.41, 5.74) is -0.525. The molecule has 0 bridgehead atoms. The molecular weight excluding hydrogens is 564 g/mol. The van der Waals surface area contributed by atoms with Crippen molar-refractivity contribution in [2.45, 2.75) is 63.4 Å². The molecule has 0 saturated carbocycles. The fraction of sp³-hybridized carbons (Fsp3) is 0.593. The molecule has 2 aliphatic heterocycles. The van der Waals surface area contributed by atoms with E-state index < -0.39 is 15.6 Å². The molecule has 5 rings (SSSR count). The van der Waals surface area contributed by atoms with Gasteiger partial charge in [-0.3, -0.25) is 14.2 Å². The zero-order valence-corrected chi connectivity index (χ0v) is 25.3. The van der Waals surface area contributed by atoms with Gasteiger partial charge in [-0.2, -0.15) is 4.31 Å². The van der Waals surface area contributed by atoms with Crippen LogP contribution < -0.4 is 15.8 Å². The van der Waals surface area contributed by atoms with E-state index in [-0.39, 0.29) is 35.8 Å². The van der Waals surface area contributed by atoms with E-state index in [1.54, 1.807) is 25.4 Å². The monoisotopic (exact) mass is 602 g/mol. The van der Waals surface area contributed by atoms with Gasteiger partial charge in [-0.1, -0.05) is 13.3 Å². The SMILES string of the molecule is CCC1CCCCN1CCCNC(=O)Cn1cnc2sc(C)c(S(=O)(=O)N3CCN(c4ncccn4)CC3)c2c1=O. The number of amides is 1. The van der Waals surface area contributed by atoms with Gasteiger partial charge in [-0.15, -0.1) is 11.3 Å². The van der Waals surface area contributed by atoms with E-state index in [0.717, 1.165) is 25.9 Å². The van der Waals surface area contributed by atoms with Gasteiger partial charge in [0.05, 0.1) is 11.7 Å². The number of hydrogen-bond donors (Lipinski definition) is 1. The summed E-state index contributed by atoms with van der Waals surface area (Å²) in [6.45, 7) is 7.61. The predicted octanol–water partition coefficient (Wildman–Crippen LogP) is 1.84. The minimum absolute atomic E-state index is 0.0128. The van der Waals surface area contributed by atoms with Crippen LogP contribution in [0.25, 0.3) is 10.2 Å². The van der Waals surface area contributed by atoms with Gasteiger partial charge >= 0.3 is 0 Å². The summed E-state index contributed by atoms with van der Waals surface area (Å²) in [4.78, 5) is 44.4. The molecule has 1 amide bonds. The van der Waals surface area contributed by atoms with Crippen LogP contribution in [-0.2, 0) is 21.4 Å². The number of fused-ring (bicyclic) bond motifs is 1. The fourth-order valence-electron chi connectivity index (χ4n) is 5.79. The van der Waals surface area contributed by atoms with Crippen LogP contribution in [0.1, 0.15) is 43.9 Å². The highest BCUT2D eigenvalue weighted by molar-refractivity contribution is 7.89. The molecule has 5 heterocycles. The average molecular weight is 603 g/mol. The van der Waals surface area contributed by atoms with E-state index in [0.29, 0.717) is 41.3 Å². The largest absolute Gasteiger partial charge is 0.354 e. The molecular formula is C27H38N8O4S2. The molecule has 12 nitrogen and oxygen atoms in total. The van der Waals surface area contributed by atoms with E-state index in [2.05, 4.69) is 32.1 Å². The summed E-state index contributed by atoms with van der Waals surface area (Å²) in [5.74, 6) is 0.262. The highest BCUT2D eigenvalue weighted by Gasteiger charge is 2.34. The van der Waals surface area contributed by atoms with Gasteiger partial charge < -0.3 is 15.1 Å². The van der Waals surface area contributed by atoms with Crippen molar-refractivity contribution >= 4 is 43.4 Å². The highest BCUT2D eigenvalue weighted by Crippen LogP contribution is 2.33. The van der Waals surface area contributed by atoms with E-state index in [1.807, 2.05) is 4.90 Å². The number of carbonyl (C=O) groups excluding carboxylic acids is 1. The number of hydrogen-bond acceptors (Lipinski definition) is 10. The third kappa shape index (κ3) is 6.45. The number of likely N-dealkylation sites (tertiary alicyclic amines) is 1. The van der Waals surface area contributed by atoms with E-state index in [4.69, 9.17) is 0 Å². The van der Waals surface area contributed by atoms with Crippen LogP contribution >= 0.6 is 11.3 Å². The number of rotatable bonds is 10. The molecule has 41 heavy (non-hydrogen) atoms. The van der Waals surface area contributed by atoms with Gasteiger partial charge in [-0.25, -0.2) is 23.4 Å². The number of nitrogens with one attached hydrogen (secondary N) is 1. The standard InChI is InChI=1S/C27H38N8O4S2/c1-3-21-8-4-5-12-32(21)13-7-11-28-22(36)18-34-19-31-25-23(26(34)37)24(20(2)40-25)41(38,39)35-16-14-33(15-17-35)27-29-9-6-10-30-27/h6,9-10,19,21H,3-5,7-8,11-18H2,1-2H3,(H,28,36). The Balaban J connectivity index is 1.25. The topological polar surface area (TPSA) is 134 Å². The van der Waals surface area contributed by atoms with Crippen molar-refractivity contribution in [2.24, 2.45) is 0 Å². The van der Waals surface area contributed by atoms with Gasteiger partial charge in [0.2, 0.25) is 21.9 Å². The Labute approximate surface area is 244 Å².